The summed E-state index contributed by atoms with van der Waals surface area (Å²) in [6.07, 6.45) is 1.59. The number of nitrogens with zero attached hydrogens (tertiary/aromatic N) is 1. The Morgan fingerprint density at radius 2 is 2.16 bits per heavy atom. The molecular weight excluding hydrogens is 332 g/mol. The number of halogens is 2. The minimum Gasteiger partial charge on any atom is -0.496 e. The molecule has 2 aromatic rings. The maximum absolute atomic E-state index is 12.2. The highest BCUT2D eigenvalue weighted by atomic mass is 79.9. The third-order valence-corrected chi connectivity index (χ3v) is 3.10. The van der Waals surface area contributed by atoms with Gasteiger partial charge in [-0.2, -0.15) is 0 Å². The van der Waals surface area contributed by atoms with Crippen molar-refractivity contribution >= 4 is 39.3 Å². The predicted octanol–water partition coefficient (Wildman–Crippen LogP) is 3.76. The number of aromatic nitrogens is 1. The Kier molecular flexibility index (Phi) is 4.39. The molecule has 0 unspecified atom stereocenters. The summed E-state index contributed by atoms with van der Waals surface area (Å²) >= 11 is 9.20. The fraction of sp³-hybridized carbons (Fsp3) is 0.0769. The summed E-state index contributed by atoms with van der Waals surface area (Å²) in [6.45, 7) is 0. The first-order valence-electron chi connectivity index (χ1n) is 5.36. The largest absolute Gasteiger partial charge is 0.496 e. The molecule has 1 aromatic carbocycles. The smallest absolute Gasteiger partial charge is 0.260 e. The Morgan fingerprint density at radius 3 is 2.84 bits per heavy atom. The van der Waals surface area contributed by atoms with Gasteiger partial charge < -0.3 is 10.1 Å². The lowest BCUT2D eigenvalue weighted by molar-refractivity contribution is 0.102. The highest BCUT2D eigenvalue weighted by molar-refractivity contribution is 9.10. The van der Waals surface area contributed by atoms with Crippen LogP contribution in [0.1, 0.15) is 10.4 Å². The first-order valence-corrected chi connectivity index (χ1v) is 6.53. The normalized spacial score (nSPS) is 10.1. The second-order valence-electron chi connectivity index (χ2n) is 3.66. The van der Waals surface area contributed by atoms with E-state index in [2.05, 4.69) is 26.2 Å². The van der Waals surface area contributed by atoms with Gasteiger partial charge in [-0.15, -0.1) is 0 Å². The summed E-state index contributed by atoms with van der Waals surface area (Å²) in [5, 5.41) is 3.15. The lowest BCUT2D eigenvalue weighted by Gasteiger charge is -2.09. The van der Waals surface area contributed by atoms with Crippen molar-refractivity contribution in [3.63, 3.8) is 0 Å². The SMILES string of the molecule is COc1ccc(Cl)cc1C(=O)Nc1cc(Br)ccn1. The number of carbonyl (C=O) groups is 1. The molecular formula is C13H10BrClN2O2. The van der Waals surface area contributed by atoms with Crippen LogP contribution in [-0.2, 0) is 0 Å². The first-order chi connectivity index (χ1) is 9.10. The molecule has 4 nitrogen and oxygen atoms in total. The van der Waals surface area contributed by atoms with Gasteiger partial charge in [-0.05, 0) is 30.3 Å². The van der Waals surface area contributed by atoms with Gasteiger partial charge in [-0.25, -0.2) is 4.98 Å². The number of ether oxygens (including phenoxy) is 1. The van der Waals surface area contributed by atoms with Crippen LogP contribution in [0.4, 0.5) is 5.82 Å². The number of benzene rings is 1. The molecule has 19 heavy (non-hydrogen) atoms. The molecule has 1 aromatic heterocycles. The quantitative estimate of drug-likeness (QED) is 0.925. The van der Waals surface area contributed by atoms with Crippen LogP contribution < -0.4 is 10.1 Å². The van der Waals surface area contributed by atoms with E-state index in [1.165, 1.54) is 7.11 Å². The lowest BCUT2D eigenvalue weighted by atomic mass is 10.2. The van der Waals surface area contributed by atoms with Gasteiger partial charge in [0.15, 0.2) is 0 Å². The predicted molar refractivity (Wildman–Crippen MR) is 77.9 cm³/mol. The van der Waals surface area contributed by atoms with Gasteiger partial charge in [-0.1, -0.05) is 27.5 Å². The van der Waals surface area contributed by atoms with Gasteiger partial charge in [0.1, 0.15) is 11.6 Å². The number of pyridine rings is 1. The van der Waals surface area contributed by atoms with Crippen LogP contribution in [0.2, 0.25) is 5.02 Å². The van der Waals surface area contributed by atoms with E-state index in [1.807, 2.05) is 0 Å². The van der Waals surface area contributed by atoms with Gasteiger partial charge in [0.25, 0.3) is 5.91 Å². The fourth-order valence-corrected chi connectivity index (χ4v) is 2.02. The zero-order valence-corrected chi connectivity index (χ0v) is 12.3. The average molecular weight is 342 g/mol. The maximum atomic E-state index is 12.2. The summed E-state index contributed by atoms with van der Waals surface area (Å²) in [4.78, 5) is 16.2. The number of anilines is 1. The van der Waals surface area contributed by atoms with Gasteiger partial charge in [0.05, 0.1) is 12.7 Å². The van der Waals surface area contributed by atoms with E-state index in [1.54, 1.807) is 36.5 Å². The molecule has 2 rings (SSSR count). The molecule has 0 atom stereocenters. The van der Waals surface area contributed by atoms with Crippen LogP contribution in [0.5, 0.6) is 5.75 Å². The van der Waals surface area contributed by atoms with Crippen LogP contribution in [-0.4, -0.2) is 18.0 Å². The molecule has 0 bridgehead atoms. The Bertz CT molecular complexity index is 619. The van der Waals surface area contributed by atoms with Crippen LogP contribution in [0.3, 0.4) is 0 Å². The topological polar surface area (TPSA) is 51.2 Å². The Hall–Kier alpha value is -1.59. The summed E-state index contributed by atoms with van der Waals surface area (Å²) in [6, 6.07) is 8.33. The van der Waals surface area contributed by atoms with Crippen molar-refractivity contribution in [1.29, 1.82) is 0 Å². The average Bonchev–Trinajstić information content (AvgIpc) is 2.38. The standard InChI is InChI=1S/C13H10BrClN2O2/c1-19-11-3-2-9(15)7-10(11)13(18)17-12-6-8(14)4-5-16-12/h2-7H,1H3,(H,16,17,18). The number of hydrogen-bond acceptors (Lipinski definition) is 3. The van der Waals surface area contributed by atoms with Gasteiger partial charge in [0.2, 0.25) is 0 Å². The molecule has 0 radical (unpaired) electrons. The summed E-state index contributed by atoms with van der Waals surface area (Å²) in [5.74, 6) is 0.572. The van der Waals surface area contributed by atoms with Gasteiger partial charge >= 0.3 is 0 Å². The number of carbonyl (C=O) groups excluding carboxylic acids is 1. The Morgan fingerprint density at radius 1 is 1.37 bits per heavy atom. The monoisotopic (exact) mass is 340 g/mol. The molecule has 0 spiro atoms. The molecule has 0 fully saturated rings. The molecule has 0 aliphatic carbocycles. The van der Waals surface area contributed by atoms with Crippen molar-refractivity contribution in [2.45, 2.75) is 0 Å². The van der Waals surface area contributed by atoms with Crippen LogP contribution in [0.15, 0.2) is 41.0 Å². The van der Waals surface area contributed by atoms with E-state index >= 15 is 0 Å². The van der Waals surface area contributed by atoms with Crippen molar-refractivity contribution in [3.8, 4) is 5.75 Å². The number of amides is 1. The first kappa shape index (κ1) is 13.8. The molecule has 0 saturated carbocycles. The third-order valence-electron chi connectivity index (χ3n) is 2.37. The van der Waals surface area contributed by atoms with E-state index in [-0.39, 0.29) is 5.91 Å². The minimum absolute atomic E-state index is 0.329. The Balaban J connectivity index is 2.27. The molecule has 1 N–H and O–H groups in total. The molecule has 1 amide bonds. The molecule has 98 valence electrons. The van der Waals surface area contributed by atoms with E-state index in [9.17, 15) is 4.79 Å². The zero-order chi connectivity index (χ0) is 13.8. The molecule has 0 aliphatic rings. The molecule has 6 heteroatoms. The van der Waals surface area contributed by atoms with E-state index in [4.69, 9.17) is 16.3 Å². The van der Waals surface area contributed by atoms with Gasteiger partial charge in [-0.3, -0.25) is 4.79 Å². The van der Waals surface area contributed by atoms with Crippen molar-refractivity contribution in [2.24, 2.45) is 0 Å². The highest BCUT2D eigenvalue weighted by Gasteiger charge is 2.13. The van der Waals surface area contributed by atoms with Crippen LogP contribution in [0, 0.1) is 0 Å². The maximum Gasteiger partial charge on any atom is 0.260 e. The Labute approximate surface area is 123 Å². The van der Waals surface area contributed by atoms with Crippen LogP contribution >= 0.6 is 27.5 Å². The zero-order valence-electron chi connectivity index (χ0n) is 9.98. The minimum atomic E-state index is -0.329. The highest BCUT2D eigenvalue weighted by Crippen LogP contribution is 2.23. The lowest BCUT2D eigenvalue weighted by Crippen LogP contribution is -2.14. The number of nitrogens with one attached hydrogen (secondary N) is 1. The van der Waals surface area contributed by atoms with E-state index < -0.39 is 0 Å². The van der Waals surface area contributed by atoms with Crippen molar-refractivity contribution in [1.82, 2.24) is 4.98 Å². The van der Waals surface area contributed by atoms with E-state index in [0.29, 0.717) is 22.2 Å². The van der Waals surface area contributed by atoms with Crippen LogP contribution in [0.25, 0.3) is 0 Å². The molecule has 1 heterocycles. The number of methoxy groups -OCH3 is 1. The second-order valence-corrected chi connectivity index (χ2v) is 5.01. The third kappa shape index (κ3) is 3.45. The molecule has 0 saturated heterocycles. The van der Waals surface area contributed by atoms with Crippen molar-refractivity contribution < 1.29 is 9.53 Å². The summed E-state index contributed by atoms with van der Waals surface area (Å²) < 4.78 is 5.96. The van der Waals surface area contributed by atoms with Crippen molar-refractivity contribution in [2.75, 3.05) is 12.4 Å². The summed E-state index contributed by atoms with van der Waals surface area (Å²) in [5.41, 5.74) is 0.358. The molecule has 0 aliphatic heterocycles. The second kappa shape index (κ2) is 6.04. The van der Waals surface area contributed by atoms with Gasteiger partial charge in [0, 0.05) is 15.7 Å². The number of rotatable bonds is 3. The number of hydrogen-bond donors (Lipinski definition) is 1. The van der Waals surface area contributed by atoms with E-state index in [0.717, 1.165) is 4.47 Å². The summed E-state index contributed by atoms with van der Waals surface area (Å²) in [7, 11) is 1.50. The fourth-order valence-electron chi connectivity index (χ4n) is 1.51. The van der Waals surface area contributed by atoms with Crippen molar-refractivity contribution in [3.05, 3.63) is 51.6 Å².